The minimum atomic E-state index is 0.0453. The molecule has 2 aliphatic rings. The summed E-state index contributed by atoms with van der Waals surface area (Å²) >= 11 is 0. The van der Waals surface area contributed by atoms with Crippen LogP contribution in [0.1, 0.15) is 39.0 Å². The molecular formula is C14H20NO2. The minimum absolute atomic E-state index is 0.0453. The van der Waals surface area contributed by atoms with Crippen LogP contribution < -0.4 is 5.32 Å². The third kappa shape index (κ3) is 2.29. The molecule has 1 atom stereocenters. The van der Waals surface area contributed by atoms with Crippen molar-refractivity contribution in [2.75, 3.05) is 6.61 Å². The molecule has 0 saturated carbocycles. The fourth-order valence-electron chi connectivity index (χ4n) is 2.70. The largest absolute Gasteiger partial charge is 0.396 e. The summed E-state index contributed by atoms with van der Waals surface area (Å²) in [5, 5.41) is 12.1. The van der Waals surface area contributed by atoms with Gasteiger partial charge in [-0.3, -0.25) is 4.79 Å². The summed E-state index contributed by atoms with van der Waals surface area (Å²) in [6.45, 7) is 6.38. The number of aliphatic hydroxyl groups excluding tert-OH is 1. The monoisotopic (exact) mass is 234 g/mol. The maximum Gasteiger partial charge on any atom is 0.224 e. The van der Waals surface area contributed by atoms with E-state index in [1.807, 2.05) is 0 Å². The van der Waals surface area contributed by atoms with Gasteiger partial charge in [-0.05, 0) is 42.7 Å². The van der Waals surface area contributed by atoms with Crippen LogP contribution in [0.3, 0.4) is 0 Å². The molecule has 0 aromatic carbocycles. The molecule has 1 heterocycles. The normalized spacial score (nSPS) is 28.6. The van der Waals surface area contributed by atoms with Crippen LogP contribution >= 0.6 is 0 Å². The van der Waals surface area contributed by atoms with Gasteiger partial charge >= 0.3 is 0 Å². The Bertz CT molecular complexity index is 395. The number of rotatable bonds is 3. The highest BCUT2D eigenvalue weighted by molar-refractivity contribution is 5.80. The van der Waals surface area contributed by atoms with E-state index in [0.717, 1.165) is 25.0 Å². The fourth-order valence-corrected chi connectivity index (χ4v) is 2.70. The maximum absolute atomic E-state index is 11.4. The molecule has 1 aliphatic heterocycles. The molecular weight excluding hydrogens is 214 g/mol. The zero-order valence-electron chi connectivity index (χ0n) is 10.4. The second kappa shape index (κ2) is 4.65. The van der Waals surface area contributed by atoms with Crippen molar-refractivity contribution in [3.63, 3.8) is 0 Å². The average molecular weight is 234 g/mol. The second-order valence-corrected chi connectivity index (χ2v) is 5.20. The molecule has 1 radical (unpaired) electrons. The summed E-state index contributed by atoms with van der Waals surface area (Å²) in [6, 6.07) is 0. The van der Waals surface area contributed by atoms with E-state index in [1.165, 1.54) is 11.1 Å². The molecule has 1 aliphatic carbocycles. The van der Waals surface area contributed by atoms with Gasteiger partial charge in [0.1, 0.15) is 0 Å². The number of hydrogen-bond acceptors (Lipinski definition) is 2. The van der Waals surface area contributed by atoms with Gasteiger partial charge in [0.05, 0.1) is 0 Å². The first-order chi connectivity index (χ1) is 8.09. The number of allylic oxidation sites excluding steroid dienone is 2. The van der Waals surface area contributed by atoms with Crippen molar-refractivity contribution in [3.05, 3.63) is 29.8 Å². The Morgan fingerprint density at radius 2 is 2.29 bits per heavy atom. The number of aliphatic hydroxyl groups is 1. The predicted octanol–water partition coefficient (Wildman–Crippen LogP) is 2.09. The zero-order valence-corrected chi connectivity index (χ0v) is 10.4. The van der Waals surface area contributed by atoms with E-state index in [-0.39, 0.29) is 17.9 Å². The van der Waals surface area contributed by atoms with Crippen LogP contribution in [0.2, 0.25) is 0 Å². The Morgan fingerprint density at radius 1 is 1.53 bits per heavy atom. The first-order valence-electron chi connectivity index (χ1n) is 6.22. The molecule has 0 aromatic heterocycles. The molecule has 3 nitrogen and oxygen atoms in total. The molecule has 0 fully saturated rings. The Morgan fingerprint density at radius 3 is 2.94 bits per heavy atom. The first-order valence-corrected chi connectivity index (χ1v) is 6.22. The van der Waals surface area contributed by atoms with Gasteiger partial charge in [-0.15, -0.1) is 0 Å². The van der Waals surface area contributed by atoms with Gasteiger partial charge in [0.25, 0.3) is 0 Å². The van der Waals surface area contributed by atoms with E-state index in [9.17, 15) is 4.79 Å². The molecule has 2 rings (SSSR count). The third-order valence-corrected chi connectivity index (χ3v) is 3.94. The molecule has 1 unspecified atom stereocenters. The summed E-state index contributed by atoms with van der Waals surface area (Å²) in [7, 11) is 0. The number of nitrogens with one attached hydrogen (secondary N) is 1. The van der Waals surface area contributed by atoms with E-state index in [0.29, 0.717) is 12.8 Å². The number of carbonyl (C=O) groups is 1. The molecule has 93 valence electrons. The van der Waals surface area contributed by atoms with Crippen LogP contribution in [0.25, 0.3) is 0 Å². The maximum atomic E-state index is 11.4. The molecule has 1 amide bonds. The molecule has 0 bridgehead atoms. The zero-order chi connectivity index (χ0) is 12.5. The number of carbonyl (C=O) groups excluding carboxylic acids is 1. The molecule has 0 saturated heterocycles. The van der Waals surface area contributed by atoms with Gasteiger partial charge in [-0.2, -0.15) is 0 Å². The van der Waals surface area contributed by atoms with E-state index in [2.05, 4.69) is 25.2 Å². The third-order valence-electron chi connectivity index (χ3n) is 3.94. The van der Waals surface area contributed by atoms with Gasteiger partial charge in [0.2, 0.25) is 5.91 Å². The summed E-state index contributed by atoms with van der Waals surface area (Å²) in [5.74, 6) is 0.0987. The van der Waals surface area contributed by atoms with E-state index < -0.39 is 0 Å². The molecule has 3 heteroatoms. The van der Waals surface area contributed by atoms with Crippen molar-refractivity contribution in [3.8, 4) is 0 Å². The van der Waals surface area contributed by atoms with Crippen LogP contribution in [-0.2, 0) is 4.79 Å². The van der Waals surface area contributed by atoms with Crippen LogP contribution in [0, 0.1) is 12.3 Å². The van der Waals surface area contributed by atoms with Gasteiger partial charge in [-0.25, -0.2) is 0 Å². The van der Waals surface area contributed by atoms with Crippen LogP contribution in [-0.4, -0.2) is 17.6 Å². The van der Waals surface area contributed by atoms with Gasteiger partial charge in [-0.1, -0.05) is 19.4 Å². The average Bonchev–Trinajstić information content (AvgIpc) is 2.31. The summed E-state index contributed by atoms with van der Waals surface area (Å²) < 4.78 is 0. The van der Waals surface area contributed by atoms with Crippen molar-refractivity contribution in [2.24, 2.45) is 5.41 Å². The van der Waals surface area contributed by atoms with Crippen molar-refractivity contribution in [1.82, 2.24) is 5.32 Å². The van der Waals surface area contributed by atoms with Crippen molar-refractivity contribution in [1.29, 1.82) is 0 Å². The van der Waals surface area contributed by atoms with Crippen LogP contribution in [0.5, 0.6) is 0 Å². The lowest BCUT2D eigenvalue weighted by Gasteiger charge is -2.38. The lowest BCUT2D eigenvalue weighted by atomic mass is 9.69. The number of amides is 1. The Hall–Kier alpha value is -1.09. The summed E-state index contributed by atoms with van der Waals surface area (Å²) in [6.07, 6.45) is 5.95. The molecule has 0 spiro atoms. The highest BCUT2D eigenvalue weighted by Gasteiger charge is 2.34. The quantitative estimate of drug-likeness (QED) is 0.785. The summed E-state index contributed by atoms with van der Waals surface area (Å²) in [4.78, 5) is 11.4. The fraction of sp³-hybridized carbons (Fsp3) is 0.571. The van der Waals surface area contributed by atoms with Gasteiger partial charge in [0, 0.05) is 18.7 Å². The molecule has 2 N–H and O–H groups in total. The second-order valence-electron chi connectivity index (χ2n) is 5.20. The molecule has 0 aromatic rings. The highest BCUT2D eigenvalue weighted by atomic mass is 16.3. The van der Waals surface area contributed by atoms with Crippen LogP contribution in [0.15, 0.2) is 22.9 Å². The van der Waals surface area contributed by atoms with Crippen molar-refractivity contribution >= 4 is 5.91 Å². The van der Waals surface area contributed by atoms with Crippen molar-refractivity contribution < 1.29 is 9.90 Å². The van der Waals surface area contributed by atoms with E-state index in [4.69, 9.17) is 5.11 Å². The lowest BCUT2D eigenvalue weighted by Crippen LogP contribution is -2.33. The Kier molecular flexibility index (Phi) is 3.38. The van der Waals surface area contributed by atoms with Gasteiger partial charge in [0.15, 0.2) is 0 Å². The first kappa shape index (κ1) is 12.4. The van der Waals surface area contributed by atoms with E-state index >= 15 is 0 Å². The Labute approximate surface area is 103 Å². The van der Waals surface area contributed by atoms with Gasteiger partial charge < -0.3 is 10.4 Å². The minimum Gasteiger partial charge on any atom is -0.396 e. The smallest absolute Gasteiger partial charge is 0.224 e. The summed E-state index contributed by atoms with van der Waals surface area (Å²) in [5.41, 5.74) is 3.55. The van der Waals surface area contributed by atoms with E-state index in [1.54, 1.807) is 0 Å². The topological polar surface area (TPSA) is 49.3 Å². The SMILES string of the molecule is [CH2]CC1(C)CC2=C(C=C1CCO)NC(=O)CC2. The van der Waals surface area contributed by atoms with Crippen molar-refractivity contribution in [2.45, 2.75) is 39.0 Å². The standard InChI is InChI=1S/C14H20NO2/c1-3-14(2)9-10-4-5-13(17)15-12(10)8-11(14)6-7-16/h8,16H,1,3-7,9H2,2H3,(H,15,17). The molecule has 17 heavy (non-hydrogen) atoms. The predicted molar refractivity (Wildman–Crippen MR) is 66.9 cm³/mol. The highest BCUT2D eigenvalue weighted by Crippen LogP contribution is 2.45. The number of hydrogen-bond donors (Lipinski definition) is 2. The lowest BCUT2D eigenvalue weighted by molar-refractivity contribution is -0.120. The van der Waals surface area contributed by atoms with Crippen LogP contribution in [0.4, 0.5) is 0 Å². The Balaban J connectivity index is 2.32.